The fraction of sp³-hybridized carbons (Fsp3) is 0.556. The summed E-state index contributed by atoms with van der Waals surface area (Å²) in [5.74, 6) is 0.803. The van der Waals surface area contributed by atoms with Gasteiger partial charge in [0.2, 0.25) is 11.8 Å². The van der Waals surface area contributed by atoms with Gasteiger partial charge in [0.05, 0.1) is 17.7 Å². The van der Waals surface area contributed by atoms with Gasteiger partial charge in [0, 0.05) is 24.8 Å². The summed E-state index contributed by atoms with van der Waals surface area (Å²) in [6.45, 7) is 0.682. The standard InChI is InChI=1S/C18H19N5O2/c19-8-11-3-4-16(21-10-11)25-15-7-12-6-14(15)22-17(12)18(24)23-5-1-2-13(23)9-20/h3-4,10,12-15,17,22H,1-2,5-7H2/t12-,13-,14+,15+,17-/m0/s1. The maximum Gasteiger partial charge on any atom is 0.241 e. The Morgan fingerprint density at radius 3 is 2.88 bits per heavy atom. The molecule has 5 atom stereocenters. The number of ether oxygens (including phenoxy) is 1. The smallest absolute Gasteiger partial charge is 0.241 e. The first kappa shape index (κ1) is 15.9. The Balaban J connectivity index is 1.38. The van der Waals surface area contributed by atoms with E-state index in [1.165, 1.54) is 6.20 Å². The highest BCUT2D eigenvalue weighted by molar-refractivity contribution is 5.83. The first-order valence-electron chi connectivity index (χ1n) is 8.68. The molecule has 1 aromatic heterocycles. The van der Waals surface area contributed by atoms with Gasteiger partial charge in [-0.05, 0) is 37.7 Å². The van der Waals surface area contributed by atoms with Crippen LogP contribution in [0.15, 0.2) is 18.3 Å². The maximum atomic E-state index is 12.8. The number of likely N-dealkylation sites (tertiary alicyclic amines) is 1. The van der Waals surface area contributed by atoms with Crippen LogP contribution in [0.3, 0.4) is 0 Å². The molecule has 128 valence electrons. The zero-order chi connectivity index (χ0) is 17.4. The summed E-state index contributed by atoms with van der Waals surface area (Å²) in [5.41, 5.74) is 0.502. The number of amides is 1. The fourth-order valence-corrected chi connectivity index (χ4v) is 4.27. The minimum absolute atomic E-state index is 0.0140. The van der Waals surface area contributed by atoms with Crippen molar-refractivity contribution in [1.29, 1.82) is 10.5 Å². The summed E-state index contributed by atoms with van der Waals surface area (Å²) < 4.78 is 5.94. The Morgan fingerprint density at radius 2 is 2.24 bits per heavy atom. The van der Waals surface area contributed by atoms with Gasteiger partial charge < -0.3 is 9.64 Å². The summed E-state index contributed by atoms with van der Waals surface area (Å²) in [5, 5.41) is 21.4. The van der Waals surface area contributed by atoms with Crippen LogP contribution in [0.25, 0.3) is 0 Å². The quantitative estimate of drug-likeness (QED) is 0.881. The second-order valence-corrected chi connectivity index (χ2v) is 6.95. The number of carbonyl (C=O) groups is 1. The van der Waals surface area contributed by atoms with Gasteiger partial charge in [-0.25, -0.2) is 4.98 Å². The summed E-state index contributed by atoms with van der Waals surface area (Å²) in [6.07, 6.45) is 4.88. The number of nitriles is 2. The molecule has 1 amide bonds. The van der Waals surface area contributed by atoms with Crippen molar-refractivity contribution in [3.05, 3.63) is 23.9 Å². The molecule has 25 heavy (non-hydrogen) atoms. The van der Waals surface area contributed by atoms with Gasteiger partial charge in [-0.1, -0.05) is 0 Å². The normalized spacial score (nSPS) is 33.0. The molecule has 0 radical (unpaired) electrons. The zero-order valence-corrected chi connectivity index (χ0v) is 13.8. The fourth-order valence-electron chi connectivity index (χ4n) is 4.27. The minimum Gasteiger partial charge on any atom is -0.473 e. The summed E-state index contributed by atoms with van der Waals surface area (Å²) >= 11 is 0. The molecule has 0 spiro atoms. The van der Waals surface area contributed by atoms with E-state index >= 15 is 0 Å². The van der Waals surface area contributed by atoms with Crippen molar-refractivity contribution in [3.63, 3.8) is 0 Å². The third-order valence-corrected chi connectivity index (χ3v) is 5.49. The van der Waals surface area contributed by atoms with E-state index in [4.69, 9.17) is 10.00 Å². The lowest BCUT2D eigenvalue weighted by molar-refractivity contribution is -0.134. The molecule has 7 heteroatoms. The van der Waals surface area contributed by atoms with E-state index in [0.717, 1.165) is 25.7 Å². The molecule has 7 nitrogen and oxygen atoms in total. The lowest BCUT2D eigenvalue weighted by atomic mass is 9.97. The highest BCUT2D eigenvalue weighted by Gasteiger charge is 2.51. The average molecular weight is 337 g/mol. The van der Waals surface area contributed by atoms with Crippen molar-refractivity contribution < 1.29 is 9.53 Å². The average Bonchev–Trinajstić information content (AvgIpc) is 3.36. The molecule has 0 unspecified atom stereocenters. The molecule has 3 aliphatic rings. The third kappa shape index (κ3) is 2.81. The number of nitrogens with zero attached hydrogens (tertiary/aromatic N) is 4. The molecule has 4 rings (SSSR count). The highest BCUT2D eigenvalue weighted by Crippen LogP contribution is 2.38. The number of fused-ring (bicyclic) bond motifs is 2. The first-order valence-corrected chi connectivity index (χ1v) is 8.68. The highest BCUT2D eigenvalue weighted by atomic mass is 16.5. The monoisotopic (exact) mass is 337 g/mol. The van der Waals surface area contributed by atoms with E-state index in [-0.39, 0.29) is 36.1 Å². The Kier molecular flexibility index (Phi) is 4.03. The van der Waals surface area contributed by atoms with Crippen LogP contribution in [0.1, 0.15) is 31.2 Å². The van der Waals surface area contributed by atoms with Crippen molar-refractivity contribution in [2.24, 2.45) is 5.92 Å². The molecule has 2 aliphatic heterocycles. The number of piperidine rings is 1. The summed E-state index contributed by atoms with van der Waals surface area (Å²) in [7, 11) is 0. The van der Waals surface area contributed by atoms with Crippen LogP contribution in [0.2, 0.25) is 0 Å². The lowest BCUT2D eigenvalue weighted by Gasteiger charge is -2.32. The van der Waals surface area contributed by atoms with Gasteiger partial charge >= 0.3 is 0 Å². The molecular weight excluding hydrogens is 318 g/mol. The largest absolute Gasteiger partial charge is 0.473 e. The first-order chi connectivity index (χ1) is 12.2. The van der Waals surface area contributed by atoms with Gasteiger partial charge in [-0.15, -0.1) is 0 Å². The van der Waals surface area contributed by atoms with Crippen molar-refractivity contribution in [3.8, 4) is 18.0 Å². The van der Waals surface area contributed by atoms with Crippen LogP contribution >= 0.6 is 0 Å². The molecule has 1 N–H and O–H groups in total. The topological polar surface area (TPSA) is 102 Å². The lowest BCUT2D eigenvalue weighted by Crippen LogP contribution is -2.54. The summed E-state index contributed by atoms with van der Waals surface area (Å²) in [4.78, 5) is 18.7. The van der Waals surface area contributed by atoms with Gasteiger partial charge in [0.1, 0.15) is 18.2 Å². The molecule has 1 aliphatic carbocycles. The van der Waals surface area contributed by atoms with Crippen LogP contribution in [0.4, 0.5) is 0 Å². The number of pyridine rings is 1. The Hall–Kier alpha value is -2.64. The number of nitrogens with one attached hydrogen (secondary N) is 1. The Labute approximate surface area is 146 Å². The van der Waals surface area contributed by atoms with Gasteiger partial charge in [-0.2, -0.15) is 10.5 Å². The molecule has 2 saturated heterocycles. The predicted octanol–water partition coefficient (Wildman–Crippen LogP) is 0.966. The third-order valence-electron chi connectivity index (χ3n) is 5.49. The van der Waals surface area contributed by atoms with E-state index in [9.17, 15) is 10.1 Å². The van der Waals surface area contributed by atoms with Crippen LogP contribution in [-0.2, 0) is 4.79 Å². The Morgan fingerprint density at radius 1 is 1.36 bits per heavy atom. The van der Waals surface area contributed by atoms with Gasteiger partial charge in [0.15, 0.2) is 0 Å². The van der Waals surface area contributed by atoms with Crippen LogP contribution in [0, 0.1) is 28.6 Å². The number of carbonyl (C=O) groups excluding carboxylic acids is 1. The minimum atomic E-state index is -0.275. The van der Waals surface area contributed by atoms with E-state index in [0.29, 0.717) is 18.0 Å². The van der Waals surface area contributed by atoms with E-state index in [1.54, 1.807) is 17.0 Å². The van der Waals surface area contributed by atoms with Crippen LogP contribution < -0.4 is 10.1 Å². The van der Waals surface area contributed by atoms with E-state index in [1.807, 2.05) is 6.07 Å². The van der Waals surface area contributed by atoms with E-state index in [2.05, 4.69) is 16.4 Å². The molecule has 1 saturated carbocycles. The van der Waals surface area contributed by atoms with Crippen LogP contribution in [0.5, 0.6) is 5.88 Å². The van der Waals surface area contributed by atoms with Crippen molar-refractivity contribution >= 4 is 5.91 Å². The molecule has 3 heterocycles. The zero-order valence-electron chi connectivity index (χ0n) is 13.8. The predicted molar refractivity (Wildman–Crippen MR) is 87.2 cm³/mol. The van der Waals surface area contributed by atoms with Crippen molar-refractivity contribution in [1.82, 2.24) is 15.2 Å². The van der Waals surface area contributed by atoms with Crippen LogP contribution in [-0.4, -0.2) is 46.6 Å². The number of hydrogen-bond donors (Lipinski definition) is 1. The van der Waals surface area contributed by atoms with E-state index < -0.39 is 0 Å². The molecular formula is C18H19N5O2. The molecule has 3 fully saturated rings. The molecule has 0 aromatic carbocycles. The summed E-state index contributed by atoms with van der Waals surface area (Å²) in [6, 6.07) is 7.30. The number of hydrogen-bond acceptors (Lipinski definition) is 6. The van der Waals surface area contributed by atoms with Gasteiger partial charge in [0.25, 0.3) is 0 Å². The second kappa shape index (κ2) is 6.34. The van der Waals surface area contributed by atoms with Crippen molar-refractivity contribution in [2.75, 3.05) is 6.54 Å². The SMILES string of the molecule is N#Cc1ccc(O[C@@H]2C[C@@H]3C[C@H]2N[C@@H]3C(=O)N2CCC[C@H]2C#N)nc1. The number of aromatic nitrogens is 1. The second-order valence-electron chi connectivity index (χ2n) is 6.95. The maximum absolute atomic E-state index is 12.8. The van der Waals surface area contributed by atoms with Crippen molar-refractivity contribution in [2.45, 2.75) is 49.9 Å². The van der Waals surface area contributed by atoms with Gasteiger partial charge in [-0.3, -0.25) is 10.1 Å². The number of rotatable bonds is 3. The Bertz CT molecular complexity index is 750. The molecule has 1 aromatic rings. The molecule has 2 bridgehead atoms.